The molecule has 9 heteroatoms. The third kappa shape index (κ3) is 6.15. The van der Waals surface area contributed by atoms with E-state index in [9.17, 15) is 9.59 Å². The lowest BCUT2D eigenvalue weighted by atomic mass is 10.00. The molecule has 2 amide bonds. The molecule has 0 spiro atoms. The number of nitrogens with zero attached hydrogens (tertiary/aromatic N) is 2. The summed E-state index contributed by atoms with van der Waals surface area (Å²) >= 11 is 0. The van der Waals surface area contributed by atoms with Crippen LogP contribution in [-0.4, -0.2) is 52.8 Å². The Hall–Kier alpha value is -3.88. The molecule has 2 aliphatic rings. The molecule has 2 atom stereocenters. The lowest BCUT2D eigenvalue weighted by molar-refractivity contribution is 0.0502. The van der Waals surface area contributed by atoms with Crippen LogP contribution in [0.4, 0.5) is 10.7 Å². The van der Waals surface area contributed by atoms with E-state index in [2.05, 4.69) is 20.9 Å². The van der Waals surface area contributed by atoms with Crippen LogP contribution in [0, 0.1) is 0 Å². The zero-order valence-electron chi connectivity index (χ0n) is 22.3. The number of methoxy groups -OCH3 is 1. The number of fused-ring (bicyclic) bond motifs is 1. The molecule has 9 nitrogen and oxygen atoms in total. The second-order valence-corrected chi connectivity index (χ2v) is 11.1. The Morgan fingerprint density at radius 1 is 0.974 bits per heavy atom. The van der Waals surface area contributed by atoms with Crippen molar-refractivity contribution in [2.24, 2.45) is 0 Å². The zero-order valence-corrected chi connectivity index (χ0v) is 22.3. The van der Waals surface area contributed by atoms with E-state index >= 15 is 0 Å². The van der Waals surface area contributed by atoms with Gasteiger partial charge in [-0.2, -0.15) is 0 Å². The van der Waals surface area contributed by atoms with Gasteiger partial charge in [0.05, 0.1) is 18.7 Å². The maximum absolute atomic E-state index is 12.6. The number of nitrogens with one attached hydrogen (secondary N) is 3. The average Bonchev–Trinajstić information content (AvgIpc) is 3.59. The molecule has 3 N–H and O–H groups in total. The first-order valence-corrected chi connectivity index (χ1v) is 13.2. The van der Waals surface area contributed by atoms with Crippen molar-refractivity contribution < 1.29 is 19.1 Å². The fourth-order valence-corrected chi connectivity index (χ4v) is 4.77. The molecule has 0 radical (unpaired) electrons. The Morgan fingerprint density at radius 3 is 2.50 bits per heavy atom. The molecule has 1 heterocycles. The van der Waals surface area contributed by atoms with Crippen molar-refractivity contribution in [1.82, 2.24) is 20.6 Å². The van der Waals surface area contributed by atoms with Gasteiger partial charge in [0, 0.05) is 34.8 Å². The Labute approximate surface area is 222 Å². The van der Waals surface area contributed by atoms with Gasteiger partial charge in [-0.3, -0.25) is 4.79 Å². The van der Waals surface area contributed by atoms with Crippen LogP contribution in [0.1, 0.15) is 63.2 Å². The van der Waals surface area contributed by atoms with Gasteiger partial charge in [0.2, 0.25) is 5.95 Å². The highest BCUT2D eigenvalue weighted by molar-refractivity contribution is 5.97. The summed E-state index contributed by atoms with van der Waals surface area (Å²) in [6.45, 7) is 5.55. The molecule has 2 saturated carbocycles. The quantitative estimate of drug-likeness (QED) is 0.402. The summed E-state index contributed by atoms with van der Waals surface area (Å²) in [7, 11) is 1.62. The van der Waals surface area contributed by atoms with Crippen LogP contribution in [0.2, 0.25) is 0 Å². The van der Waals surface area contributed by atoms with Crippen LogP contribution >= 0.6 is 0 Å². The van der Waals surface area contributed by atoms with Crippen molar-refractivity contribution in [2.45, 2.75) is 76.6 Å². The molecule has 1 aromatic heterocycles. The van der Waals surface area contributed by atoms with E-state index < -0.39 is 11.7 Å². The second kappa shape index (κ2) is 10.5. The fourth-order valence-electron chi connectivity index (χ4n) is 4.77. The highest BCUT2D eigenvalue weighted by atomic mass is 16.6. The summed E-state index contributed by atoms with van der Waals surface area (Å²) in [5.41, 5.74) is 2.61. The van der Waals surface area contributed by atoms with Crippen molar-refractivity contribution in [3.63, 3.8) is 0 Å². The molecule has 5 rings (SSSR count). The summed E-state index contributed by atoms with van der Waals surface area (Å²) in [5, 5.41) is 10.3. The van der Waals surface area contributed by atoms with Crippen molar-refractivity contribution in [3.05, 3.63) is 48.2 Å². The van der Waals surface area contributed by atoms with Gasteiger partial charge in [0.1, 0.15) is 11.4 Å². The molecule has 0 bridgehead atoms. The molecule has 38 heavy (non-hydrogen) atoms. The maximum atomic E-state index is 12.6. The maximum Gasteiger partial charge on any atom is 0.407 e. The number of hydrogen-bond donors (Lipinski definition) is 3. The molecule has 0 unspecified atom stereocenters. The number of benzene rings is 2. The molecule has 2 aliphatic carbocycles. The molecule has 200 valence electrons. The fraction of sp³-hybridized carbons (Fsp3) is 0.448. The number of amides is 2. The van der Waals surface area contributed by atoms with E-state index in [1.807, 2.05) is 51.1 Å². The number of ether oxygens (including phenoxy) is 2. The van der Waals surface area contributed by atoms with Crippen molar-refractivity contribution in [1.29, 1.82) is 0 Å². The largest absolute Gasteiger partial charge is 0.496 e. The van der Waals surface area contributed by atoms with Gasteiger partial charge in [-0.1, -0.05) is 6.07 Å². The Morgan fingerprint density at radius 2 is 1.76 bits per heavy atom. The number of carbonyl (C=O) groups is 2. The van der Waals surface area contributed by atoms with Crippen molar-refractivity contribution in [2.75, 3.05) is 12.4 Å². The number of aromatic nitrogens is 2. The van der Waals surface area contributed by atoms with Crippen LogP contribution in [0.3, 0.4) is 0 Å². The topological polar surface area (TPSA) is 114 Å². The van der Waals surface area contributed by atoms with Gasteiger partial charge in [-0.15, -0.1) is 0 Å². The van der Waals surface area contributed by atoms with Gasteiger partial charge in [0.15, 0.2) is 0 Å². The number of hydrogen-bond acceptors (Lipinski definition) is 7. The molecular weight excluding hydrogens is 482 g/mol. The standard InChI is InChI=1S/C29H35N5O4/c1-29(2,3)38-28(36)34-24-7-5-6-23(24)33-27-30-16-19-14-17(8-12-22(19)32-27)21-15-18(9-13-25(21)37-4)26(35)31-20-10-11-20/h8-9,12-16,20,23-24H,5-7,10-11H2,1-4H3,(H,31,35)(H,34,36)(H,30,32,33)/t23-,24+/m1/s1. The summed E-state index contributed by atoms with van der Waals surface area (Å²) in [6.07, 6.45) is 6.23. The van der Waals surface area contributed by atoms with E-state index in [1.54, 1.807) is 19.4 Å². The minimum atomic E-state index is -0.541. The summed E-state index contributed by atoms with van der Waals surface area (Å²) in [6, 6.07) is 11.7. The smallest absolute Gasteiger partial charge is 0.407 e. The van der Waals surface area contributed by atoms with Crippen molar-refractivity contribution >= 4 is 28.9 Å². The van der Waals surface area contributed by atoms with Gasteiger partial charge in [-0.25, -0.2) is 14.8 Å². The highest BCUT2D eigenvalue weighted by Crippen LogP contribution is 2.33. The molecule has 0 aliphatic heterocycles. The second-order valence-electron chi connectivity index (χ2n) is 11.1. The number of rotatable bonds is 7. The molecule has 3 aromatic rings. The average molecular weight is 518 g/mol. The zero-order chi connectivity index (χ0) is 26.9. The van der Waals surface area contributed by atoms with E-state index in [0.29, 0.717) is 23.3 Å². The highest BCUT2D eigenvalue weighted by Gasteiger charge is 2.31. The van der Waals surface area contributed by atoms with E-state index in [-0.39, 0.29) is 18.0 Å². The monoisotopic (exact) mass is 517 g/mol. The summed E-state index contributed by atoms with van der Waals surface area (Å²) in [4.78, 5) is 34.1. The lowest BCUT2D eigenvalue weighted by Crippen LogP contribution is -2.45. The van der Waals surface area contributed by atoms with E-state index in [1.165, 1.54) is 0 Å². The first-order chi connectivity index (χ1) is 18.2. The van der Waals surface area contributed by atoms with Crippen LogP contribution in [0.5, 0.6) is 5.75 Å². The summed E-state index contributed by atoms with van der Waals surface area (Å²) in [5.74, 6) is 1.14. The van der Waals surface area contributed by atoms with Crippen LogP contribution in [-0.2, 0) is 4.74 Å². The van der Waals surface area contributed by atoms with Gasteiger partial charge >= 0.3 is 6.09 Å². The first kappa shape index (κ1) is 25.8. The van der Waals surface area contributed by atoms with E-state index in [4.69, 9.17) is 14.5 Å². The number of anilines is 1. The summed E-state index contributed by atoms with van der Waals surface area (Å²) < 4.78 is 11.0. The molecule has 2 fully saturated rings. The molecule has 2 aromatic carbocycles. The third-order valence-electron chi connectivity index (χ3n) is 6.80. The number of carbonyl (C=O) groups excluding carboxylic acids is 2. The third-order valence-corrected chi connectivity index (χ3v) is 6.80. The Balaban J connectivity index is 1.32. The Bertz CT molecular complexity index is 1350. The lowest BCUT2D eigenvalue weighted by Gasteiger charge is -2.25. The van der Waals surface area contributed by atoms with Crippen molar-refractivity contribution in [3.8, 4) is 16.9 Å². The van der Waals surface area contributed by atoms with Gasteiger partial charge in [-0.05, 0) is 88.8 Å². The van der Waals surface area contributed by atoms with Crippen LogP contribution in [0.25, 0.3) is 22.0 Å². The minimum absolute atomic E-state index is 0.0213. The SMILES string of the molecule is COc1ccc(C(=O)NC2CC2)cc1-c1ccc2nc(N[C@@H]3CCC[C@@H]3NC(=O)OC(C)(C)C)ncc2c1. The van der Waals surface area contributed by atoms with Crippen LogP contribution in [0.15, 0.2) is 42.6 Å². The molecular formula is C29H35N5O4. The minimum Gasteiger partial charge on any atom is -0.496 e. The van der Waals surface area contributed by atoms with E-state index in [0.717, 1.165) is 54.1 Å². The van der Waals surface area contributed by atoms with Gasteiger partial charge < -0.3 is 25.4 Å². The first-order valence-electron chi connectivity index (χ1n) is 13.2. The number of alkyl carbamates (subject to hydrolysis) is 1. The molecule has 0 saturated heterocycles. The van der Waals surface area contributed by atoms with Crippen LogP contribution < -0.4 is 20.7 Å². The predicted molar refractivity (Wildman–Crippen MR) is 146 cm³/mol. The Kier molecular flexibility index (Phi) is 7.10. The normalized spacial score (nSPS) is 19.2. The predicted octanol–water partition coefficient (Wildman–Crippen LogP) is 5.06. The van der Waals surface area contributed by atoms with Gasteiger partial charge in [0.25, 0.3) is 5.91 Å².